The van der Waals surface area contributed by atoms with E-state index in [4.69, 9.17) is 5.11 Å². The molecule has 1 atom stereocenters. The molecule has 98 valence electrons. The van der Waals surface area contributed by atoms with E-state index in [1.807, 2.05) is 55.5 Å². The molecule has 0 heterocycles. The van der Waals surface area contributed by atoms with Crippen LogP contribution in [0.25, 0.3) is 0 Å². The van der Waals surface area contributed by atoms with Crippen molar-refractivity contribution in [1.29, 1.82) is 0 Å². The summed E-state index contributed by atoms with van der Waals surface area (Å²) in [6, 6.07) is 15.8. The molecule has 0 aliphatic carbocycles. The number of carbonyl (C=O) groups is 1. The van der Waals surface area contributed by atoms with E-state index in [1.54, 1.807) is 0 Å². The van der Waals surface area contributed by atoms with E-state index in [1.165, 1.54) is 0 Å². The van der Waals surface area contributed by atoms with Gasteiger partial charge in [-0.2, -0.15) is 0 Å². The second-order valence-electron chi connectivity index (χ2n) is 4.56. The molecular formula is C16H15BrO2. The van der Waals surface area contributed by atoms with Crippen molar-refractivity contribution in [3.05, 3.63) is 69.7 Å². The Bertz CT molecular complexity index is 593. The van der Waals surface area contributed by atoms with Gasteiger partial charge in [0.15, 0.2) is 0 Å². The second kappa shape index (κ2) is 6.02. The minimum Gasteiger partial charge on any atom is -0.481 e. The molecule has 1 unspecified atom stereocenters. The first-order chi connectivity index (χ1) is 9.08. The third-order valence-electron chi connectivity index (χ3n) is 3.19. The van der Waals surface area contributed by atoms with Gasteiger partial charge in [0.1, 0.15) is 0 Å². The van der Waals surface area contributed by atoms with Gasteiger partial charge in [0.05, 0.1) is 6.42 Å². The summed E-state index contributed by atoms with van der Waals surface area (Å²) < 4.78 is 0.967. The smallest absolute Gasteiger partial charge is 0.304 e. The first-order valence-electron chi connectivity index (χ1n) is 6.10. The molecule has 2 aromatic carbocycles. The first-order valence-corrected chi connectivity index (χ1v) is 6.90. The quantitative estimate of drug-likeness (QED) is 0.909. The van der Waals surface area contributed by atoms with Crippen molar-refractivity contribution in [3.63, 3.8) is 0 Å². The molecule has 19 heavy (non-hydrogen) atoms. The SMILES string of the molecule is Cc1ccccc1C(CC(=O)O)c1cccc(Br)c1. The molecular weight excluding hydrogens is 304 g/mol. The summed E-state index contributed by atoms with van der Waals surface area (Å²) in [7, 11) is 0. The summed E-state index contributed by atoms with van der Waals surface area (Å²) in [5.41, 5.74) is 3.21. The van der Waals surface area contributed by atoms with Gasteiger partial charge in [-0.1, -0.05) is 52.3 Å². The lowest BCUT2D eigenvalue weighted by atomic mass is 9.86. The Morgan fingerprint density at radius 3 is 2.58 bits per heavy atom. The van der Waals surface area contributed by atoms with Crippen LogP contribution in [-0.4, -0.2) is 11.1 Å². The largest absolute Gasteiger partial charge is 0.481 e. The Morgan fingerprint density at radius 2 is 1.95 bits per heavy atom. The predicted molar refractivity (Wildman–Crippen MR) is 79.4 cm³/mol. The van der Waals surface area contributed by atoms with Gasteiger partial charge >= 0.3 is 5.97 Å². The number of rotatable bonds is 4. The molecule has 2 aromatic rings. The Morgan fingerprint density at radius 1 is 1.21 bits per heavy atom. The van der Waals surface area contributed by atoms with Crippen LogP contribution in [0.2, 0.25) is 0 Å². The molecule has 0 saturated carbocycles. The van der Waals surface area contributed by atoms with E-state index in [0.29, 0.717) is 0 Å². The molecule has 1 N–H and O–H groups in total. The van der Waals surface area contributed by atoms with Crippen LogP contribution in [0.1, 0.15) is 29.0 Å². The Hall–Kier alpha value is -1.61. The van der Waals surface area contributed by atoms with Crippen LogP contribution in [0.5, 0.6) is 0 Å². The summed E-state index contributed by atoms with van der Waals surface area (Å²) >= 11 is 3.44. The first kappa shape index (κ1) is 13.8. The molecule has 0 bridgehead atoms. The predicted octanol–water partition coefficient (Wildman–Crippen LogP) is 4.36. The van der Waals surface area contributed by atoms with Crippen LogP contribution < -0.4 is 0 Å². The Kier molecular flexibility index (Phi) is 4.38. The molecule has 0 radical (unpaired) electrons. The highest BCUT2D eigenvalue weighted by atomic mass is 79.9. The van der Waals surface area contributed by atoms with Crippen LogP contribution >= 0.6 is 15.9 Å². The van der Waals surface area contributed by atoms with Crippen molar-refractivity contribution in [3.8, 4) is 0 Å². The maximum Gasteiger partial charge on any atom is 0.304 e. The maximum atomic E-state index is 11.1. The zero-order valence-corrected chi connectivity index (χ0v) is 12.2. The fraction of sp³-hybridized carbons (Fsp3) is 0.188. The van der Waals surface area contributed by atoms with Gasteiger partial charge in [-0.25, -0.2) is 0 Å². The third kappa shape index (κ3) is 3.44. The highest BCUT2D eigenvalue weighted by Gasteiger charge is 2.19. The van der Waals surface area contributed by atoms with Crippen LogP contribution in [0.15, 0.2) is 53.0 Å². The van der Waals surface area contributed by atoms with E-state index in [-0.39, 0.29) is 12.3 Å². The zero-order valence-electron chi connectivity index (χ0n) is 10.6. The summed E-state index contributed by atoms with van der Waals surface area (Å²) in [6.07, 6.45) is 0.0985. The number of aryl methyl sites for hydroxylation is 1. The minimum atomic E-state index is -0.784. The average molecular weight is 319 g/mol. The lowest BCUT2D eigenvalue weighted by Crippen LogP contribution is -2.09. The van der Waals surface area contributed by atoms with Gasteiger partial charge < -0.3 is 5.11 Å². The molecule has 0 amide bonds. The van der Waals surface area contributed by atoms with Gasteiger partial charge in [-0.05, 0) is 35.7 Å². The minimum absolute atomic E-state index is 0.0985. The topological polar surface area (TPSA) is 37.3 Å². The fourth-order valence-corrected chi connectivity index (χ4v) is 2.70. The van der Waals surface area contributed by atoms with E-state index in [2.05, 4.69) is 15.9 Å². The van der Waals surface area contributed by atoms with Gasteiger partial charge in [-0.3, -0.25) is 4.79 Å². The van der Waals surface area contributed by atoms with Crippen molar-refractivity contribution in [2.75, 3.05) is 0 Å². The summed E-state index contributed by atoms with van der Waals surface area (Å²) in [5.74, 6) is -0.899. The van der Waals surface area contributed by atoms with Crippen molar-refractivity contribution in [2.24, 2.45) is 0 Å². The molecule has 2 rings (SSSR count). The molecule has 0 fully saturated rings. The van der Waals surface area contributed by atoms with Crippen molar-refractivity contribution in [2.45, 2.75) is 19.3 Å². The average Bonchev–Trinajstić information content (AvgIpc) is 2.37. The number of carboxylic acids is 1. The lowest BCUT2D eigenvalue weighted by Gasteiger charge is -2.18. The van der Waals surface area contributed by atoms with Crippen LogP contribution in [0.4, 0.5) is 0 Å². The van der Waals surface area contributed by atoms with Crippen LogP contribution in [0.3, 0.4) is 0 Å². The van der Waals surface area contributed by atoms with E-state index in [0.717, 1.165) is 21.2 Å². The summed E-state index contributed by atoms with van der Waals surface area (Å²) in [5, 5.41) is 9.16. The van der Waals surface area contributed by atoms with Gasteiger partial charge in [0.2, 0.25) is 0 Å². The summed E-state index contributed by atoms with van der Waals surface area (Å²) in [4.78, 5) is 11.1. The summed E-state index contributed by atoms with van der Waals surface area (Å²) in [6.45, 7) is 2.02. The number of halogens is 1. The van der Waals surface area contributed by atoms with Crippen molar-refractivity contribution in [1.82, 2.24) is 0 Å². The van der Waals surface area contributed by atoms with Crippen molar-refractivity contribution >= 4 is 21.9 Å². The van der Waals surface area contributed by atoms with Gasteiger partial charge in [-0.15, -0.1) is 0 Å². The normalized spacial score (nSPS) is 12.1. The molecule has 3 heteroatoms. The number of benzene rings is 2. The fourth-order valence-electron chi connectivity index (χ4n) is 2.28. The number of carboxylic acid groups (broad SMARTS) is 1. The molecule has 0 aliphatic rings. The molecule has 2 nitrogen and oxygen atoms in total. The second-order valence-corrected chi connectivity index (χ2v) is 5.48. The highest BCUT2D eigenvalue weighted by molar-refractivity contribution is 9.10. The lowest BCUT2D eigenvalue weighted by molar-refractivity contribution is -0.137. The third-order valence-corrected chi connectivity index (χ3v) is 3.69. The molecule has 0 aliphatic heterocycles. The highest BCUT2D eigenvalue weighted by Crippen LogP contribution is 2.31. The van der Waals surface area contributed by atoms with Gasteiger partial charge in [0.25, 0.3) is 0 Å². The van der Waals surface area contributed by atoms with Crippen LogP contribution in [0, 0.1) is 6.92 Å². The zero-order chi connectivity index (χ0) is 13.8. The van der Waals surface area contributed by atoms with Crippen molar-refractivity contribution < 1.29 is 9.90 Å². The number of hydrogen-bond acceptors (Lipinski definition) is 1. The van der Waals surface area contributed by atoms with E-state index >= 15 is 0 Å². The van der Waals surface area contributed by atoms with E-state index in [9.17, 15) is 4.79 Å². The molecule has 0 aromatic heterocycles. The monoisotopic (exact) mass is 318 g/mol. The Balaban J connectivity index is 2.47. The number of hydrogen-bond donors (Lipinski definition) is 1. The standard InChI is InChI=1S/C16H15BrO2/c1-11-5-2-3-8-14(11)15(10-16(18)19)12-6-4-7-13(17)9-12/h2-9,15H,10H2,1H3,(H,18,19). The molecule has 0 saturated heterocycles. The Labute approximate surface area is 121 Å². The number of aliphatic carboxylic acids is 1. The maximum absolute atomic E-state index is 11.1. The molecule has 0 spiro atoms. The van der Waals surface area contributed by atoms with E-state index < -0.39 is 5.97 Å². The van der Waals surface area contributed by atoms with Crippen LogP contribution in [-0.2, 0) is 4.79 Å². The van der Waals surface area contributed by atoms with Gasteiger partial charge in [0, 0.05) is 10.4 Å².